The molecule has 0 spiro atoms. The Labute approximate surface area is 170 Å². The molecule has 0 aromatic heterocycles. The average Bonchev–Trinajstić information content (AvgIpc) is 2.70. The molecule has 0 fully saturated rings. The Hall–Kier alpha value is -3.11. The van der Waals surface area contributed by atoms with E-state index in [4.69, 9.17) is 4.74 Å². The van der Waals surface area contributed by atoms with Gasteiger partial charge in [0, 0.05) is 25.3 Å². The lowest BCUT2D eigenvalue weighted by atomic mass is 10.2. The Bertz CT molecular complexity index is 988. The van der Waals surface area contributed by atoms with E-state index in [9.17, 15) is 18.0 Å². The number of carbonyl (C=O) groups is 2. The standard InChI is InChI=1S/C19H24N4O5S/c1-13-5-8-15(9-6-13)20-12-18(24)21-22-19(25)14-7-10-16(28-4)17(11-14)29(26,27)23(2)3/h5-11,20H,12H2,1-4H3,(H,21,24)(H,22,25). The number of ether oxygens (including phenoxy) is 1. The van der Waals surface area contributed by atoms with E-state index in [1.165, 1.54) is 39.4 Å². The molecule has 0 bridgehead atoms. The van der Waals surface area contributed by atoms with Crippen LogP contribution in [0.25, 0.3) is 0 Å². The molecule has 10 heteroatoms. The highest BCUT2D eigenvalue weighted by molar-refractivity contribution is 7.89. The predicted octanol–water partition coefficient (Wildman–Crippen LogP) is 1.13. The fourth-order valence-electron chi connectivity index (χ4n) is 2.31. The zero-order valence-corrected chi connectivity index (χ0v) is 17.5. The highest BCUT2D eigenvalue weighted by Crippen LogP contribution is 2.26. The van der Waals surface area contributed by atoms with Crippen molar-refractivity contribution in [2.75, 3.05) is 33.1 Å². The molecule has 0 saturated heterocycles. The molecule has 0 aliphatic carbocycles. The summed E-state index contributed by atoms with van der Waals surface area (Å²) < 4.78 is 31.0. The first-order valence-corrected chi connectivity index (χ1v) is 10.1. The second-order valence-electron chi connectivity index (χ2n) is 6.37. The third-order valence-corrected chi connectivity index (χ3v) is 5.84. The summed E-state index contributed by atoms with van der Waals surface area (Å²) >= 11 is 0. The normalized spacial score (nSPS) is 11.1. The van der Waals surface area contributed by atoms with Gasteiger partial charge in [0.25, 0.3) is 11.8 Å². The van der Waals surface area contributed by atoms with Gasteiger partial charge in [-0.15, -0.1) is 0 Å². The molecule has 2 aromatic rings. The number of rotatable bonds is 7. The summed E-state index contributed by atoms with van der Waals surface area (Å²) in [6, 6.07) is 11.5. The summed E-state index contributed by atoms with van der Waals surface area (Å²) in [6.07, 6.45) is 0. The predicted molar refractivity (Wildman–Crippen MR) is 109 cm³/mol. The molecular formula is C19H24N4O5S. The van der Waals surface area contributed by atoms with Crippen LogP contribution in [0.2, 0.25) is 0 Å². The van der Waals surface area contributed by atoms with E-state index in [1.54, 1.807) is 0 Å². The third kappa shape index (κ3) is 5.69. The van der Waals surface area contributed by atoms with Crippen molar-refractivity contribution in [3.05, 3.63) is 53.6 Å². The summed E-state index contributed by atoms with van der Waals surface area (Å²) in [5.41, 5.74) is 6.46. The SMILES string of the molecule is COc1ccc(C(=O)NNC(=O)CNc2ccc(C)cc2)cc1S(=O)(=O)N(C)C. The fourth-order valence-corrected chi connectivity index (χ4v) is 3.39. The van der Waals surface area contributed by atoms with E-state index in [-0.39, 0.29) is 22.8 Å². The zero-order valence-electron chi connectivity index (χ0n) is 16.6. The van der Waals surface area contributed by atoms with Gasteiger partial charge in [-0.2, -0.15) is 0 Å². The monoisotopic (exact) mass is 420 g/mol. The van der Waals surface area contributed by atoms with Crippen molar-refractivity contribution in [1.29, 1.82) is 0 Å². The minimum atomic E-state index is -3.82. The molecule has 0 heterocycles. The van der Waals surface area contributed by atoms with E-state index in [0.717, 1.165) is 15.6 Å². The van der Waals surface area contributed by atoms with E-state index >= 15 is 0 Å². The maximum atomic E-state index is 12.4. The van der Waals surface area contributed by atoms with E-state index in [2.05, 4.69) is 16.2 Å². The molecule has 0 radical (unpaired) electrons. The topological polar surface area (TPSA) is 117 Å². The molecular weight excluding hydrogens is 396 g/mol. The number of nitrogens with one attached hydrogen (secondary N) is 3. The van der Waals surface area contributed by atoms with Gasteiger partial charge in [-0.05, 0) is 37.3 Å². The van der Waals surface area contributed by atoms with E-state index < -0.39 is 21.8 Å². The largest absolute Gasteiger partial charge is 0.495 e. The second-order valence-corrected chi connectivity index (χ2v) is 8.50. The summed E-state index contributed by atoms with van der Waals surface area (Å²) in [6.45, 7) is 1.91. The van der Waals surface area contributed by atoms with Crippen molar-refractivity contribution in [3.63, 3.8) is 0 Å². The Morgan fingerprint density at radius 3 is 2.28 bits per heavy atom. The van der Waals surface area contributed by atoms with Gasteiger partial charge in [0.15, 0.2) is 0 Å². The van der Waals surface area contributed by atoms with Crippen LogP contribution in [0, 0.1) is 6.92 Å². The maximum absolute atomic E-state index is 12.4. The molecule has 156 valence electrons. The lowest BCUT2D eigenvalue weighted by Crippen LogP contribution is -2.44. The van der Waals surface area contributed by atoms with Crippen LogP contribution in [0.5, 0.6) is 5.75 Å². The quantitative estimate of drug-likeness (QED) is 0.578. The van der Waals surface area contributed by atoms with Crippen LogP contribution in [-0.2, 0) is 14.8 Å². The Morgan fingerprint density at radius 2 is 1.69 bits per heavy atom. The minimum Gasteiger partial charge on any atom is -0.495 e. The maximum Gasteiger partial charge on any atom is 0.269 e. The van der Waals surface area contributed by atoms with Gasteiger partial charge >= 0.3 is 0 Å². The minimum absolute atomic E-state index is 0.0494. The van der Waals surface area contributed by atoms with Crippen LogP contribution in [0.15, 0.2) is 47.4 Å². The van der Waals surface area contributed by atoms with Crippen LogP contribution in [0.3, 0.4) is 0 Å². The molecule has 0 atom stereocenters. The number of methoxy groups -OCH3 is 1. The van der Waals surface area contributed by atoms with Gasteiger partial charge in [-0.25, -0.2) is 12.7 Å². The number of sulfonamides is 1. The first kappa shape index (κ1) is 22.2. The lowest BCUT2D eigenvalue weighted by Gasteiger charge is -2.15. The van der Waals surface area contributed by atoms with Crippen LogP contribution in [-0.4, -0.2) is 52.3 Å². The number of carbonyl (C=O) groups excluding carboxylic acids is 2. The summed E-state index contributed by atoms with van der Waals surface area (Å²) in [4.78, 5) is 24.1. The van der Waals surface area contributed by atoms with Crippen molar-refractivity contribution in [2.24, 2.45) is 0 Å². The third-order valence-electron chi connectivity index (χ3n) is 4.00. The molecule has 3 N–H and O–H groups in total. The number of benzene rings is 2. The summed E-state index contributed by atoms with van der Waals surface area (Å²) in [7, 11) is 0.276. The zero-order chi connectivity index (χ0) is 21.6. The van der Waals surface area contributed by atoms with Crippen LogP contribution >= 0.6 is 0 Å². The Kier molecular flexibility index (Phi) is 7.18. The van der Waals surface area contributed by atoms with Crippen LogP contribution in [0.4, 0.5) is 5.69 Å². The number of hydrogen-bond acceptors (Lipinski definition) is 6. The van der Waals surface area contributed by atoms with Gasteiger partial charge in [-0.3, -0.25) is 20.4 Å². The molecule has 29 heavy (non-hydrogen) atoms. The van der Waals surface area contributed by atoms with Gasteiger partial charge in [0.1, 0.15) is 10.6 Å². The number of hydrogen-bond donors (Lipinski definition) is 3. The number of anilines is 1. The van der Waals surface area contributed by atoms with Crippen molar-refractivity contribution < 1.29 is 22.7 Å². The number of amides is 2. The van der Waals surface area contributed by atoms with Crippen molar-refractivity contribution in [1.82, 2.24) is 15.2 Å². The van der Waals surface area contributed by atoms with Crippen LogP contribution < -0.4 is 20.9 Å². The molecule has 0 aliphatic heterocycles. The molecule has 2 rings (SSSR count). The van der Waals surface area contributed by atoms with Gasteiger partial charge in [0.05, 0.1) is 13.7 Å². The van der Waals surface area contributed by atoms with Crippen molar-refractivity contribution in [2.45, 2.75) is 11.8 Å². The number of aryl methyl sites for hydroxylation is 1. The van der Waals surface area contributed by atoms with Crippen molar-refractivity contribution in [3.8, 4) is 5.75 Å². The Morgan fingerprint density at radius 1 is 1.03 bits per heavy atom. The molecule has 0 saturated carbocycles. The highest BCUT2D eigenvalue weighted by Gasteiger charge is 2.24. The second kappa shape index (κ2) is 9.39. The molecule has 0 aliphatic rings. The highest BCUT2D eigenvalue weighted by atomic mass is 32.2. The first-order valence-electron chi connectivity index (χ1n) is 8.65. The van der Waals surface area contributed by atoms with E-state index in [0.29, 0.717) is 0 Å². The van der Waals surface area contributed by atoms with E-state index in [1.807, 2.05) is 31.2 Å². The summed E-state index contributed by atoms with van der Waals surface area (Å²) in [5.74, 6) is -1.01. The van der Waals surface area contributed by atoms with Gasteiger partial charge in [0.2, 0.25) is 10.0 Å². The summed E-state index contributed by atoms with van der Waals surface area (Å²) in [5, 5.41) is 2.93. The van der Waals surface area contributed by atoms with Crippen molar-refractivity contribution >= 4 is 27.5 Å². The lowest BCUT2D eigenvalue weighted by molar-refractivity contribution is -0.120. The van der Waals surface area contributed by atoms with Crippen LogP contribution in [0.1, 0.15) is 15.9 Å². The Balaban J connectivity index is 2.01. The number of hydrazine groups is 1. The average molecular weight is 420 g/mol. The first-order chi connectivity index (χ1) is 13.6. The molecule has 9 nitrogen and oxygen atoms in total. The van der Waals surface area contributed by atoms with Gasteiger partial charge in [-0.1, -0.05) is 17.7 Å². The number of nitrogens with zero attached hydrogens (tertiary/aromatic N) is 1. The smallest absolute Gasteiger partial charge is 0.269 e. The molecule has 2 amide bonds. The molecule has 0 unspecified atom stereocenters. The fraction of sp³-hybridized carbons (Fsp3) is 0.263. The van der Waals surface area contributed by atoms with Gasteiger partial charge < -0.3 is 10.1 Å². The molecule has 2 aromatic carbocycles.